The molecular weight excluding hydrogens is 314 g/mol. The summed E-state index contributed by atoms with van der Waals surface area (Å²) in [5.74, 6) is -0.895. The number of hydrogen-bond acceptors (Lipinski definition) is 2. The largest absolute Gasteiger partial charge is 0.481 e. The van der Waals surface area contributed by atoms with Crippen LogP contribution >= 0.6 is 11.6 Å². The smallest absolute Gasteiger partial charge is 0.303 e. The average molecular weight is 334 g/mol. The fraction of sp³-hybridized carbons (Fsp3) is 0.333. The fourth-order valence-electron chi connectivity index (χ4n) is 2.62. The summed E-state index contributed by atoms with van der Waals surface area (Å²) in [5.41, 5.74) is 1.02. The van der Waals surface area contributed by atoms with E-state index in [1.54, 1.807) is 0 Å². The highest BCUT2D eigenvalue weighted by Crippen LogP contribution is 2.29. The van der Waals surface area contributed by atoms with Crippen LogP contribution in [0.5, 0.6) is 0 Å². The van der Waals surface area contributed by atoms with Crippen LogP contribution in [0, 0.1) is 0 Å². The van der Waals surface area contributed by atoms with Crippen molar-refractivity contribution in [1.29, 1.82) is 0 Å². The molecule has 0 saturated carbocycles. The molecular formula is C18H20ClNO3. The monoisotopic (exact) mass is 333 g/mol. The molecule has 122 valence electrons. The zero-order valence-electron chi connectivity index (χ0n) is 13.0. The van der Waals surface area contributed by atoms with Gasteiger partial charge >= 0.3 is 5.97 Å². The third kappa shape index (κ3) is 4.70. The number of aliphatic carboxylic acids is 1. The third-order valence-electron chi connectivity index (χ3n) is 3.79. The zero-order chi connectivity index (χ0) is 16.8. The number of unbranched alkanes of at least 4 members (excludes halogenated alkanes) is 1. The number of hydrogen-bond donors (Lipinski definition) is 2. The molecule has 0 aliphatic rings. The topological polar surface area (TPSA) is 66.4 Å². The van der Waals surface area contributed by atoms with Gasteiger partial charge in [-0.1, -0.05) is 41.9 Å². The van der Waals surface area contributed by atoms with Gasteiger partial charge in [-0.15, -0.1) is 0 Å². The van der Waals surface area contributed by atoms with Gasteiger partial charge < -0.3 is 10.4 Å². The molecule has 5 heteroatoms. The number of amides is 1. The molecule has 1 amide bonds. The van der Waals surface area contributed by atoms with Crippen LogP contribution < -0.4 is 5.32 Å². The lowest BCUT2D eigenvalue weighted by Gasteiger charge is -2.17. The number of fused-ring (bicyclic) bond motifs is 1. The summed E-state index contributed by atoms with van der Waals surface area (Å²) in [4.78, 5) is 22.4. The van der Waals surface area contributed by atoms with Gasteiger partial charge in [0.1, 0.15) is 0 Å². The molecule has 23 heavy (non-hydrogen) atoms. The van der Waals surface area contributed by atoms with E-state index in [9.17, 15) is 9.59 Å². The van der Waals surface area contributed by atoms with Crippen LogP contribution in [-0.4, -0.2) is 17.0 Å². The highest BCUT2D eigenvalue weighted by molar-refractivity contribution is 6.35. The summed E-state index contributed by atoms with van der Waals surface area (Å²) >= 11 is 6.21. The fourth-order valence-corrected chi connectivity index (χ4v) is 2.84. The van der Waals surface area contributed by atoms with E-state index in [0.29, 0.717) is 24.3 Å². The van der Waals surface area contributed by atoms with Gasteiger partial charge in [0.05, 0.1) is 6.04 Å². The van der Waals surface area contributed by atoms with Crippen molar-refractivity contribution in [2.24, 2.45) is 0 Å². The van der Waals surface area contributed by atoms with Gasteiger partial charge in [0.2, 0.25) is 5.91 Å². The summed E-state index contributed by atoms with van der Waals surface area (Å²) in [5, 5.41) is 14.2. The van der Waals surface area contributed by atoms with Crippen molar-refractivity contribution in [3.8, 4) is 0 Å². The Kier molecular flexibility index (Phi) is 5.99. The predicted molar refractivity (Wildman–Crippen MR) is 91.6 cm³/mol. The van der Waals surface area contributed by atoms with E-state index in [4.69, 9.17) is 16.7 Å². The zero-order valence-corrected chi connectivity index (χ0v) is 13.8. The summed E-state index contributed by atoms with van der Waals surface area (Å²) in [6.07, 6.45) is 1.53. The first kappa shape index (κ1) is 17.3. The van der Waals surface area contributed by atoms with Gasteiger partial charge in [-0.3, -0.25) is 9.59 Å². The standard InChI is InChI=1S/C18H20ClNO3/c1-12(20-17(21)8-4-5-9-18(22)23)13-10-11-16(19)15-7-3-2-6-14(13)15/h2-3,6-7,10-12H,4-5,8-9H2,1H3,(H,20,21)(H,22,23). The molecule has 4 nitrogen and oxygen atoms in total. The van der Waals surface area contributed by atoms with E-state index in [-0.39, 0.29) is 18.4 Å². The quantitative estimate of drug-likeness (QED) is 0.742. The molecule has 2 rings (SSSR count). The Morgan fingerprint density at radius 3 is 2.43 bits per heavy atom. The summed E-state index contributed by atoms with van der Waals surface area (Å²) in [6, 6.07) is 11.5. The molecule has 0 heterocycles. The molecule has 0 aliphatic heterocycles. The molecule has 2 N–H and O–H groups in total. The van der Waals surface area contributed by atoms with Crippen molar-refractivity contribution in [2.45, 2.75) is 38.6 Å². The number of nitrogens with one attached hydrogen (secondary N) is 1. The first-order chi connectivity index (χ1) is 11.0. The predicted octanol–water partition coefficient (Wildman–Crippen LogP) is 4.32. The maximum atomic E-state index is 12.0. The Hall–Kier alpha value is -2.07. The lowest BCUT2D eigenvalue weighted by atomic mass is 9.99. The average Bonchev–Trinajstić information content (AvgIpc) is 2.52. The molecule has 1 unspecified atom stereocenters. The molecule has 0 saturated heterocycles. The van der Waals surface area contributed by atoms with Crippen LogP contribution in [0.15, 0.2) is 36.4 Å². The van der Waals surface area contributed by atoms with Crippen molar-refractivity contribution in [1.82, 2.24) is 5.32 Å². The van der Waals surface area contributed by atoms with Crippen LogP contribution in [0.1, 0.15) is 44.2 Å². The Morgan fingerprint density at radius 1 is 1.09 bits per heavy atom. The molecule has 0 aliphatic carbocycles. The lowest BCUT2D eigenvalue weighted by molar-refractivity contribution is -0.137. The van der Waals surface area contributed by atoms with E-state index in [2.05, 4.69) is 5.32 Å². The minimum Gasteiger partial charge on any atom is -0.481 e. The van der Waals surface area contributed by atoms with Crippen molar-refractivity contribution < 1.29 is 14.7 Å². The van der Waals surface area contributed by atoms with Crippen LogP contribution in [0.2, 0.25) is 5.02 Å². The van der Waals surface area contributed by atoms with Crippen molar-refractivity contribution in [2.75, 3.05) is 0 Å². The summed E-state index contributed by atoms with van der Waals surface area (Å²) in [7, 11) is 0. The third-order valence-corrected chi connectivity index (χ3v) is 4.12. The van der Waals surface area contributed by atoms with Crippen molar-refractivity contribution in [3.63, 3.8) is 0 Å². The first-order valence-electron chi connectivity index (χ1n) is 7.67. The van der Waals surface area contributed by atoms with Gasteiger partial charge in [-0.2, -0.15) is 0 Å². The molecule has 0 spiro atoms. The Labute approximate surface area is 140 Å². The van der Waals surface area contributed by atoms with Gasteiger partial charge in [0.15, 0.2) is 0 Å². The van der Waals surface area contributed by atoms with Crippen molar-refractivity contribution in [3.05, 3.63) is 47.0 Å². The van der Waals surface area contributed by atoms with Crippen LogP contribution in [0.3, 0.4) is 0 Å². The van der Waals surface area contributed by atoms with E-state index < -0.39 is 5.97 Å². The molecule has 2 aromatic carbocycles. The number of rotatable bonds is 7. The van der Waals surface area contributed by atoms with Gasteiger partial charge in [0.25, 0.3) is 0 Å². The minimum absolute atomic E-state index is 0.0677. The number of carbonyl (C=O) groups excluding carboxylic acids is 1. The van der Waals surface area contributed by atoms with E-state index >= 15 is 0 Å². The Bertz CT molecular complexity index is 714. The second-order valence-electron chi connectivity index (χ2n) is 5.57. The molecule has 0 fully saturated rings. The molecule has 0 radical (unpaired) electrons. The number of benzene rings is 2. The lowest BCUT2D eigenvalue weighted by Crippen LogP contribution is -2.26. The normalized spacial score (nSPS) is 12.1. The number of carboxylic acid groups (broad SMARTS) is 1. The number of carbonyl (C=O) groups is 2. The first-order valence-corrected chi connectivity index (χ1v) is 8.05. The molecule has 0 aromatic heterocycles. The van der Waals surface area contributed by atoms with Gasteiger partial charge in [-0.25, -0.2) is 0 Å². The maximum absolute atomic E-state index is 12.0. The molecule has 1 atom stereocenters. The number of halogens is 1. The SMILES string of the molecule is CC(NC(=O)CCCCC(=O)O)c1ccc(Cl)c2ccccc12. The summed E-state index contributed by atoms with van der Waals surface area (Å²) < 4.78 is 0. The van der Waals surface area contributed by atoms with E-state index in [1.165, 1.54) is 0 Å². The van der Waals surface area contributed by atoms with Crippen LogP contribution in [0.4, 0.5) is 0 Å². The van der Waals surface area contributed by atoms with E-state index in [1.807, 2.05) is 43.3 Å². The highest BCUT2D eigenvalue weighted by Gasteiger charge is 2.13. The van der Waals surface area contributed by atoms with Crippen molar-refractivity contribution >= 4 is 34.2 Å². The highest BCUT2D eigenvalue weighted by atomic mass is 35.5. The Balaban J connectivity index is 2.01. The van der Waals surface area contributed by atoms with E-state index in [0.717, 1.165) is 16.3 Å². The van der Waals surface area contributed by atoms with Crippen LogP contribution in [-0.2, 0) is 9.59 Å². The number of carboxylic acids is 1. The maximum Gasteiger partial charge on any atom is 0.303 e. The molecule has 0 bridgehead atoms. The Morgan fingerprint density at radius 2 is 1.74 bits per heavy atom. The summed E-state index contributed by atoms with van der Waals surface area (Å²) in [6.45, 7) is 1.94. The molecule has 2 aromatic rings. The second-order valence-corrected chi connectivity index (χ2v) is 5.98. The van der Waals surface area contributed by atoms with Crippen LogP contribution in [0.25, 0.3) is 10.8 Å². The van der Waals surface area contributed by atoms with Gasteiger partial charge in [0, 0.05) is 23.3 Å². The second kappa shape index (κ2) is 7.97. The minimum atomic E-state index is -0.827. The van der Waals surface area contributed by atoms with Gasteiger partial charge in [-0.05, 0) is 36.8 Å².